The Kier molecular flexibility index (Phi) is 6.66. The summed E-state index contributed by atoms with van der Waals surface area (Å²) in [5.74, 6) is 0. The normalized spacial score (nSPS) is 14.2. The van der Waals surface area contributed by atoms with E-state index in [-0.39, 0.29) is 0 Å². The SMILES string of the molecule is CCCCC/C(C)=C(\Cl)S(=O)c1ccc(C)cc1. The quantitative estimate of drug-likeness (QED) is 0.660. The first-order valence-corrected chi connectivity index (χ1v) is 7.92. The molecule has 0 aliphatic carbocycles. The molecule has 100 valence electrons. The maximum absolute atomic E-state index is 12.3. The topological polar surface area (TPSA) is 17.1 Å². The van der Waals surface area contributed by atoms with Gasteiger partial charge in [-0.2, -0.15) is 0 Å². The van der Waals surface area contributed by atoms with Crippen LogP contribution in [0.3, 0.4) is 0 Å². The van der Waals surface area contributed by atoms with Crippen LogP contribution in [0.2, 0.25) is 0 Å². The Morgan fingerprint density at radius 2 is 1.83 bits per heavy atom. The second-order valence-electron chi connectivity index (χ2n) is 4.59. The number of rotatable bonds is 6. The third-order valence-corrected chi connectivity index (χ3v) is 5.01. The standard InChI is InChI=1S/C15H21ClOS/c1-4-5-6-7-13(3)15(16)18(17)14-10-8-12(2)9-11-14/h8-11H,4-7H2,1-3H3/b15-13+. The van der Waals surface area contributed by atoms with Gasteiger partial charge < -0.3 is 0 Å². The van der Waals surface area contributed by atoms with Crippen molar-refractivity contribution in [2.24, 2.45) is 0 Å². The molecule has 1 aromatic rings. The predicted molar refractivity (Wildman–Crippen MR) is 80.3 cm³/mol. The Bertz CT molecular complexity index is 434. The van der Waals surface area contributed by atoms with Gasteiger partial charge in [0.05, 0.1) is 10.8 Å². The summed E-state index contributed by atoms with van der Waals surface area (Å²) in [5, 5.41) is 0. The molecule has 1 unspecified atom stereocenters. The van der Waals surface area contributed by atoms with Crippen LogP contribution in [-0.4, -0.2) is 4.21 Å². The van der Waals surface area contributed by atoms with Crippen LogP contribution in [-0.2, 0) is 10.8 Å². The van der Waals surface area contributed by atoms with E-state index in [1.807, 2.05) is 38.1 Å². The Morgan fingerprint density at radius 3 is 2.39 bits per heavy atom. The Hall–Kier alpha value is -0.600. The second-order valence-corrected chi connectivity index (χ2v) is 6.61. The highest BCUT2D eigenvalue weighted by Gasteiger charge is 2.10. The lowest BCUT2D eigenvalue weighted by atomic mass is 10.1. The lowest BCUT2D eigenvalue weighted by Gasteiger charge is -2.06. The third-order valence-electron chi connectivity index (χ3n) is 2.89. The third kappa shape index (κ3) is 4.58. The molecule has 0 aliphatic rings. The minimum absolute atomic E-state index is 0.495. The lowest BCUT2D eigenvalue weighted by molar-refractivity contribution is 0.686. The zero-order valence-electron chi connectivity index (χ0n) is 11.3. The van der Waals surface area contributed by atoms with Crippen LogP contribution in [0.5, 0.6) is 0 Å². The summed E-state index contributed by atoms with van der Waals surface area (Å²) in [6, 6.07) is 7.69. The molecule has 1 atom stereocenters. The molecule has 0 saturated heterocycles. The maximum Gasteiger partial charge on any atom is 0.108 e. The second kappa shape index (κ2) is 7.75. The molecule has 0 aliphatic heterocycles. The Morgan fingerprint density at radius 1 is 1.22 bits per heavy atom. The summed E-state index contributed by atoms with van der Waals surface area (Å²) in [5.41, 5.74) is 2.21. The molecule has 0 N–H and O–H groups in total. The fourth-order valence-corrected chi connectivity index (χ4v) is 3.03. The fraction of sp³-hybridized carbons (Fsp3) is 0.467. The highest BCUT2D eigenvalue weighted by molar-refractivity contribution is 7.90. The van der Waals surface area contributed by atoms with Gasteiger partial charge in [0, 0.05) is 4.90 Å². The number of hydrogen-bond donors (Lipinski definition) is 0. The zero-order chi connectivity index (χ0) is 13.5. The summed E-state index contributed by atoms with van der Waals surface area (Å²) < 4.78 is 12.7. The van der Waals surface area contributed by atoms with Crippen LogP contribution in [0.25, 0.3) is 0 Å². The van der Waals surface area contributed by atoms with Crippen LogP contribution >= 0.6 is 11.6 Å². The fourth-order valence-electron chi connectivity index (χ4n) is 1.66. The molecular formula is C15H21ClOS. The van der Waals surface area contributed by atoms with Crippen LogP contribution in [0, 0.1) is 6.92 Å². The number of hydrogen-bond acceptors (Lipinski definition) is 1. The van der Waals surface area contributed by atoms with Crippen LogP contribution < -0.4 is 0 Å². The summed E-state index contributed by atoms with van der Waals surface area (Å²) in [7, 11) is -1.23. The molecule has 1 aromatic carbocycles. The van der Waals surface area contributed by atoms with Gasteiger partial charge in [0.25, 0.3) is 0 Å². The maximum atomic E-state index is 12.3. The van der Waals surface area contributed by atoms with E-state index in [1.54, 1.807) is 0 Å². The van der Waals surface area contributed by atoms with E-state index in [2.05, 4.69) is 6.92 Å². The average Bonchev–Trinajstić information content (AvgIpc) is 2.38. The summed E-state index contributed by atoms with van der Waals surface area (Å²) in [6.45, 7) is 6.16. The molecule has 0 aromatic heterocycles. The minimum Gasteiger partial charge on any atom is -0.248 e. The molecule has 3 heteroatoms. The zero-order valence-corrected chi connectivity index (χ0v) is 12.9. The van der Waals surface area contributed by atoms with E-state index < -0.39 is 10.8 Å². The van der Waals surface area contributed by atoms with Gasteiger partial charge in [-0.25, -0.2) is 4.21 Å². The molecule has 0 fully saturated rings. The van der Waals surface area contributed by atoms with Crippen molar-refractivity contribution in [2.75, 3.05) is 0 Å². The summed E-state index contributed by atoms with van der Waals surface area (Å²) >= 11 is 6.21. The molecular weight excluding hydrogens is 264 g/mol. The van der Waals surface area contributed by atoms with Gasteiger partial charge in [-0.15, -0.1) is 0 Å². The Labute approximate surface area is 118 Å². The average molecular weight is 285 g/mol. The number of unbranched alkanes of at least 4 members (excludes halogenated alkanes) is 2. The van der Waals surface area contributed by atoms with Gasteiger partial charge in [0.2, 0.25) is 0 Å². The van der Waals surface area contributed by atoms with Gasteiger partial charge in [-0.1, -0.05) is 49.1 Å². The smallest absolute Gasteiger partial charge is 0.108 e. The predicted octanol–water partition coefficient (Wildman–Crippen LogP) is 5.15. The largest absolute Gasteiger partial charge is 0.248 e. The van der Waals surface area contributed by atoms with Gasteiger partial charge >= 0.3 is 0 Å². The molecule has 1 rings (SSSR count). The molecule has 0 amide bonds. The van der Waals surface area contributed by atoms with Crippen molar-refractivity contribution in [2.45, 2.75) is 51.3 Å². The van der Waals surface area contributed by atoms with Crippen molar-refractivity contribution in [1.82, 2.24) is 0 Å². The van der Waals surface area contributed by atoms with Gasteiger partial charge in [0.15, 0.2) is 0 Å². The molecule has 0 heterocycles. The van der Waals surface area contributed by atoms with Gasteiger partial charge in [-0.3, -0.25) is 0 Å². The minimum atomic E-state index is -1.23. The first-order chi connectivity index (χ1) is 8.56. The van der Waals surface area contributed by atoms with Crippen molar-refractivity contribution in [3.05, 3.63) is 39.8 Å². The number of halogens is 1. The molecule has 0 radical (unpaired) electrons. The van der Waals surface area contributed by atoms with E-state index in [4.69, 9.17) is 11.6 Å². The monoisotopic (exact) mass is 284 g/mol. The van der Waals surface area contributed by atoms with Crippen molar-refractivity contribution in [3.63, 3.8) is 0 Å². The van der Waals surface area contributed by atoms with Crippen LogP contribution in [0.15, 0.2) is 39.1 Å². The molecule has 0 saturated carbocycles. The van der Waals surface area contributed by atoms with Crippen LogP contribution in [0.1, 0.15) is 45.1 Å². The van der Waals surface area contributed by atoms with Crippen molar-refractivity contribution in [3.8, 4) is 0 Å². The van der Waals surface area contributed by atoms with Crippen molar-refractivity contribution < 1.29 is 4.21 Å². The highest BCUT2D eigenvalue weighted by Crippen LogP contribution is 2.24. The molecule has 18 heavy (non-hydrogen) atoms. The van der Waals surface area contributed by atoms with Crippen LogP contribution in [0.4, 0.5) is 0 Å². The Balaban J connectivity index is 2.75. The number of benzene rings is 1. The van der Waals surface area contributed by atoms with E-state index in [1.165, 1.54) is 12.8 Å². The lowest BCUT2D eigenvalue weighted by Crippen LogP contribution is -1.94. The van der Waals surface area contributed by atoms with Gasteiger partial charge in [-0.05, 0) is 44.4 Å². The number of aryl methyl sites for hydroxylation is 1. The first kappa shape index (κ1) is 15.5. The van der Waals surface area contributed by atoms with E-state index in [0.29, 0.717) is 4.36 Å². The molecule has 0 spiro atoms. The molecule has 1 nitrogen and oxygen atoms in total. The number of allylic oxidation sites excluding steroid dienone is 1. The van der Waals surface area contributed by atoms with E-state index in [9.17, 15) is 4.21 Å². The highest BCUT2D eigenvalue weighted by atomic mass is 35.5. The summed E-state index contributed by atoms with van der Waals surface area (Å²) in [4.78, 5) is 0.778. The van der Waals surface area contributed by atoms with E-state index in [0.717, 1.165) is 28.9 Å². The van der Waals surface area contributed by atoms with E-state index >= 15 is 0 Å². The van der Waals surface area contributed by atoms with Gasteiger partial charge in [0.1, 0.15) is 4.36 Å². The van der Waals surface area contributed by atoms with Crippen molar-refractivity contribution >= 4 is 22.4 Å². The summed E-state index contributed by atoms with van der Waals surface area (Å²) in [6.07, 6.45) is 4.43. The first-order valence-electron chi connectivity index (χ1n) is 6.40. The molecule has 0 bridgehead atoms. The van der Waals surface area contributed by atoms with Crippen molar-refractivity contribution in [1.29, 1.82) is 0 Å².